The van der Waals surface area contributed by atoms with Gasteiger partial charge in [-0.15, -0.1) is 0 Å². The minimum absolute atomic E-state index is 0.162. The molecule has 0 bridgehead atoms. The van der Waals surface area contributed by atoms with Gasteiger partial charge in [-0.1, -0.05) is 75.7 Å². The lowest BCUT2D eigenvalue weighted by atomic mass is 10.0. The average molecular weight is 496 g/mol. The van der Waals surface area contributed by atoms with Gasteiger partial charge < -0.3 is 4.74 Å². The molecule has 0 saturated heterocycles. The lowest BCUT2D eigenvalue weighted by molar-refractivity contribution is 0.0601. The van der Waals surface area contributed by atoms with Crippen molar-refractivity contribution in [1.82, 2.24) is 4.98 Å². The van der Waals surface area contributed by atoms with Crippen molar-refractivity contribution < 1.29 is 9.53 Å². The molecule has 0 atom stereocenters. The van der Waals surface area contributed by atoms with Crippen molar-refractivity contribution in [3.63, 3.8) is 0 Å². The minimum Gasteiger partial charge on any atom is -0.465 e. The van der Waals surface area contributed by atoms with Gasteiger partial charge in [0.15, 0.2) is 0 Å². The van der Waals surface area contributed by atoms with E-state index in [1.54, 1.807) is 30.3 Å². The highest BCUT2D eigenvalue weighted by Crippen LogP contribution is 2.41. The van der Waals surface area contributed by atoms with Crippen molar-refractivity contribution in [3.8, 4) is 22.4 Å². The fourth-order valence-corrected chi connectivity index (χ4v) is 3.82. The maximum absolute atomic E-state index is 12.4. The van der Waals surface area contributed by atoms with Crippen LogP contribution in [-0.4, -0.2) is 18.1 Å². The van der Waals surface area contributed by atoms with Crippen LogP contribution in [0.2, 0.25) is 30.1 Å². The molecule has 3 aromatic rings. The zero-order valence-corrected chi connectivity index (χ0v) is 18.5. The van der Waals surface area contributed by atoms with Crippen molar-refractivity contribution >= 4 is 75.6 Å². The number of nitrogens with zero attached hydrogens (tertiary/aromatic N) is 1. The number of ether oxygens (including phenoxy) is 1. The minimum atomic E-state index is -0.609. The van der Waals surface area contributed by atoms with Crippen molar-refractivity contribution in [3.05, 3.63) is 72.2 Å². The number of carbonyl (C=O) groups excluding carboxylic acids is 1. The standard InChI is InChI=1S/C19H9Cl6NO2/c1-28-19(27)11-6-8(9-2-4-12(20)16(24)14(9)22)7-26-18(11)10-3-5-13(21)17(25)15(10)23/h2-7H,1H3. The fourth-order valence-electron chi connectivity index (χ4n) is 2.55. The smallest absolute Gasteiger partial charge is 0.340 e. The van der Waals surface area contributed by atoms with Gasteiger partial charge in [0.05, 0.1) is 48.5 Å². The Bertz CT molecular complexity index is 1100. The highest BCUT2D eigenvalue weighted by molar-refractivity contribution is 6.50. The number of carbonyl (C=O) groups is 1. The topological polar surface area (TPSA) is 39.2 Å². The van der Waals surface area contributed by atoms with Crippen LogP contribution in [0, 0.1) is 0 Å². The Hall–Kier alpha value is -1.20. The molecule has 0 aliphatic heterocycles. The second-order valence-electron chi connectivity index (χ2n) is 5.56. The van der Waals surface area contributed by atoms with Crippen LogP contribution < -0.4 is 0 Å². The van der Waals surface area contributed by atoms with Crippen molar-refractivity contribution in [2.45, 2.75) is 0 Å². The third-order valence-corrected chi connectivity index (χ3v) is 6.52. The van der Waals surface area contributed by atoms with E-state index in [1.165, 1.54) is 13.3 Å². The van der Waals surface area contributed by atoms with E-state index in [1.807, 2.05) is 0 Å². The van der Waals surface area contributed by atoms with Crippen LogP contribution in [0.3, 0.4) is 0 Å². The molecule has 3 nitrogen and oxygen atoms in total. The largest absolute Gasteiger partial charge is 0.465 e. The number of methoxy groups -OCH3 is 1. The average Bonchev–Trinajstić information content (AvgIpc) is 2.70. The molecule has 9 heteroatoms. The molecule has 0 spiro atoms. The first-order valence-electron chi connectivity index (χ1n) is 7.62. The Morgan fingerprint density at radius 1 is 0.821 bits per heavy atom. The summed E-state index contributed by atoms with van der Waals surface area (Å²) >= 11 is 36.8. The molecule has 144 valence electrons. The molecule has 28 heavy (non-hydrogen) atoms. The first kappa shape index (κ1) is 21.5. The van der Waals surface area contributed by atoms with E-state index in [0.717, 1.165) is 0 Å². The zero-order valence-electron chi connectivity index (χ0n) is 14.0. The highest BCUT2D eigenvalue weighted by atomic mass is 35.5. The van der Waals surface area contributed by atoms with Gasteiger partial charge in [-0.2, -0.15) is 0 Å². The Morgan fingerprint density at radius 2 is 1.36 bits per heavy atom. The van der Waals surface area contributed by atoms with Crippen molar-refractivity contribution in [2.24, 2.45) is 0 Å². The molecule has 0 aliphatic carbocycles. The van der Waals surface area contributed by atoms with E-state index in [4.69, 9.17) is 74.3 Å². The molecule has 1 heterocycles. The lowest BCUT2D eigenvalue weighted by Crippen LogP contribution is -2.06. The predicted octanol–water partition coefficient (Wildman–Crippen LogP) is 8.12. The van der Waals surface area contributed by atoms with Crippen molar-refractivity contribution in [2.75, 3.05) is 7.11 Å². The van der Waals surface area contributed by atoms with Crippen LogP contribution >= 0.6 is 69.6 Å². The number of benzene rings is 2. The van der Waals surface area contributed by atoms with Crippen LogP contribution in [0.4, 0.5) is 0 Å². The van der Waals surface area contributed by atoms with Gasteiger partial charge in [0.25, 0.3) is 0 Å². The molecule has 0 amide bonds. The second kappa shape index (κ2) is 8.66. The Morgan fingerprint density at radius 3 is 1.93 bits per heavy atom. The summed E-state index contributed by atoms with van der Waals surface area (Å²) in [5.74, 6) is -0.609. The normalized spacial score (nSPS) is 10.8. The van der Waals surface area contributed by atoms with Gasteiger partial charge >= 0.3 is 5.97 Å². The fraction of sp³-hybridized carbons (Fsp3) is 0.0526. The van der Waals surface area contributed by atoms with Gasteiger partial charge in [-0.3, -0.25) is 4.98 Å². The Balaban J connectivity index is 2.24. The molecule has 0 aliphatic rings. The maximum atomic E-state index is 12.4. The van der Waals surface area contributed by atoms with E-state index < -0.39 is 5.97 Å². The van der Waals surface area contributed by atoms with Crippen LogP contribution in [0.15, 0.2) is 36.5 Å². The first-order chi connectivity index (χ1) is 13.3. The SMILES string of the molecule is COC(=O)c1cc(-c2ccc(Cl)c(Cl)c2Cl)cnc1-c1ccc(Cl)c(Cl)c1Cl. The van der Waals surface area contributed by atoms with Crippen molar-refractivity contribution in [1.29, 1.82) is 0 Å². The van der Waals surface area contributed by atoms with Crippen LogP contribution in [0.5, 0.6) is 0 Å². The van der Waals surface area contributed by atoms with Gasteiger partial charge in [0.2, 0.25) is 0 Å². The van der Waals surface area contributed by atoms with Crippen LogP contribution in [0.25, 0.3) is 22.4 Å². The number of rotatable bonds is 3. The molecular weight excluding hydrogens is 487 g/mol. The maximum Gasteiger partial charge on any atom is 0.340 e. The van der Waals surface area contributed by atoms with E-state index in [9.17, 15) is 4.79 Å². The number of pyridine rings is 1. The second-order valence-corrected chi connectivity index (χ2v) is 7.88. The summed E-state index contributed by atoms with van der Waals surface area (Å²) < 4.78 is 4.89. The van der Waals surface area contributed by atoms with E-state index in [0.29, 0.717) is 21.7 Å². The highest BCUT2D eigenvalue weighted by Gasteiger charge is 2.21. The first-order valence-corrected chi connectivity index (χ1v) is 9.89. The zero-order chi connectivity index (χ0) is 20.6. The number of esters is 1. The molecule has 0 unspecified atom stereocenters. The molecular formula is C19H9Cl6NO2. The molecule has 0 radical (unpaired) electrons. The summed E-state index contributed by atoms with van der Waals surface area (Å²) in [6, 6.07) is 8.06. The summed E-state index contributed by atoms with van der Waals surface area (Å²) in [6.45, 7) is 0. The van der Waals surface area contributed by atoms with Gasteiger partial charge in [-0.25, -0.2) is 4.79 Å². The molecule has 0 N–H and O–H groups in total. The quantitative estimate of drug-likeness (QED) is 0.272. The predicted molar refractivity (Wildman–Crippen MR) is 117 cm³/mol. The third-order valence-electron chi connectivity index (χ3n) is 3.93. The van der Waals surface area contributed by atoms with Crippen LogP contribution in [-0.2, 0) is 4.74 Å². The Labute approximate surface area is 191 Å². The summed E-state index contributed by atoms with van der Waals surface area (Å²) in [7, 11) is 1.27. The summed E-state index contributed by atoms with van der Waals surface area (Å²) in [4.78, 5) is 16.8. The summed E-state index contributed by atoms with van der Waals surface area (Å²) in [6.07, 6.45) is 1.53. The summed E-state index contributed by atoms with van der Waals surface area (Å²) in [5.41, 5.74) is 1.99. The van der Waals surface area contributed by atoms with Crippen LogP contribution in [0.1, 0.15) is 10.4 Å². The van der Waals surface area contributed by atoms with Gasteiger partial charge in [-0.05, 0) is 24.3 Å². The van der Waals surface area contributed by atoms with E-state index in [2.05, 4.69) is 4.98 Å². The van der Waals surface area contributed by atoms with Gasteiger partial charge in [0.1, 0.15) is 0 Å². The molecule has 0 fully saturated rings. The number of hydrogen-bond donors (Lipinski definition) is 0. The number of halogens is 6. The monoisotopic (exact) mass is 493 g/mol. The molecule has 2 aromatic carbocycles. The third kappa shape index (κ3) is 3.93. The number of hydrogen-bond acceptors (Lipinski definition) is 3. The van der Waals surface area contributed by atoms with E-state index >= 15 is 0 Å². The molecule has 3 rings (SSSR count). The van der Waals surface area contributed by atoms with E-state index in [-0.39, 0.29) is 36.4 Å². The Kier molecular flexibility index (Phi) is 6.65. The lowest BCUT2D eigenvalue weighted by Gasteiger charge is -2.13. The summed E-state index contributed by atoms with van der Waals surface area (Å²) in [5, 5.41) is 1.39. The number of aromatic nitrogens is 1. The molecule has 0 saturated carbocycles. The van der Waals surface area contributed by atoms with Gasteiger partial charge in [0, 0.05) is 22.9 Å². The molecule has 1 aromatic heterocycles.